The van der Waals surface area contributed by atoms with Gasteiger partial charge in [-0.1, -0.05) is 6.07 Å². The summed E-state index contributed by atoms with van der Waals surface area (Å²) in [6, 6.07) is 9.03. The largest absolute Gasteiger partial charge is 0.496 e. The van der Waals surface area contributed by atoms with Gasteiger partial charge in [0.15, 0.2) is 0 Å². The van der Waals surface area contributed by atoms with Crippen molar-refractivity contribution in [1.29, 1.82) is 0 Å². The molecule has 0 atom stereocenters. The van der Waals surface area contributed by atoms with Crippen molar-refractivity contribution >= 4 is 5.91 Å². The quantitative estimate of drug-likeness (QED) is 0.916. The van der Waals surface area contributed by atoms with E-state index in [1.165, 1.54) is 7.11 Å². The maximum absolute atomic E-state index is 12.3. The molecule has 1 aromatic heterocycles. The van der Waals surface area contributed by atoms with Gasteiger partial charge in [0.05, 0.1) is 32.0 Å². The van der Waals surface area contributed by atoms with Crippen molar-refractivity contribution in [3.8, 4) is 11.5 Å². The summed E-state index contributed by atoms with van der Waals surface area (Å²) in [6.45, 7) is 2.26. The fourth-order valence-electron chi connectivity index (χ4n) is 2.00. The Labute approximate surface area is 123 Å². The van der Waals surface area contributed by atoms with Gasteiger partial charge in [-0.2, -0.15) is 0 Å². The highest BCUT2D eigenvalue weighted by Crippen LogP contribution is 2.28. The number of hydrogen-bond donors (Lipinski definition) is 1. The summed E-state index contributed by atoms with van der Waals surface area (Å²) >= 11 is 0. The number of amides is 1. The average Bonchev–Trinajstić information content (AvgIpc) is 2.53. The molecule has 0 saturated heterocycles. The second-order valence-electron chi connectivity index (χ2n) is 4.53. The van der Waals surface area contributed by atoms with Crippen LogP contribution in [0.1, 0.15) is 21.6 Å². The minimum atomic E-state index is -0.226. The molecule has 0 fully saturated rings. The van der Waals surface area contributed by atoms with Crippen LogP contribution in [-0.2, 0) is 6.54 Å². The molecule has 0 aliphatic heterocycles. The van der Waals surface area contributed by atoms with Gasteiger partial charge in [-0.25, -0.2) is 0 Å². The molecule has 21 heavy (non-hydrogen) atoms. The maximum Gasteiger partial charge on any atom is 0.255 e. The fourth-order valence-corrected chi connectivity index (χ4v) is 2.00. The minimum absolute atomic E-state index is 0.226. The summed E-state index contributed by atoms with van der Waals surface area (Å²) in [5, 5.41) is 2.82. The van der Waals surface area contributed by atoms with E-state index in [0.29, 0.717) is 23.6 Å². The van der Waals surface area contributed by atoms with Crippen LogP contribution in [0.4, 0.5) is 0 Å². The number of aromatic nitrogens is 1. The van der Waals surface area contributed by atoms with Gasteiger partial charge in [0.1, 0.15) is 11.5 Å². The lowest BCUT2D eigenvalue weighted by atomic mass is 10.1. The van der Waals surface area contributed by atoms with Crippen molar-refractivity contribution in [2.24, 2.45) is 0 Å². The van der Waals surface area contributed by atoms with Crippen molar-refractivity contribution in [3.63, 3.8) is 0 Å². The third-order valence-electron chi connectivity index (χ3n) is 3.12. The molecule has 0 unspecified atom stereocenters. The van der Waals surface area contributed by atoms with Crippen LogP contribution in [0.3, 0.4) is 0 Å². The highest BCUT2D eigenvalue weighted by molar-refractivity contribution is 5.97. The Balaban J connectivity index is 2.18. The first-order valence-electron chi connectivity index (χ1n) is 6.56. The predicted molar refractivity (Wildman–Crippen MR) is 79.7 cm³/mol. The van der Waals surface area contributed by atoms with E-state index < -0.39 is 0 Å². The lowest BCUT2D eigenvalue weighted by Crippen LogP contribution is -2.24. The number of pyridine rings is 1. The van der Waals surface area contributed by atoms with Gasteiger partial charge >= 0.3 is 0 Å². The molecular weight excluding hydrogens is 268 g/mol. The van der Waals surface area contributed by atoms with Gasteiger partial charge in [-0.05, 0) is 36.8 Å². The Morgan fingerprint density at radius 3 is 2.57 bits per heavy atom. The van der Waals surface area contributed by atoms with Crippen molar-refractivity contribution in [3.05, 3.63) is 53.3 Å². The Hall–Kier alpha value is -2.56. The monoisotopic (exact) mass is 286 g/mol. The van der Waals surface area contributed by atoms with E-state index in [0.717, 1.165) is 11.3 Å². The van der Waals surface area contributed by atoms with Crippen LogP contribution >= 0.6 is 0 Å². The summed E-state index contributed by atoms with van der Waals surface area (Å²) < 4.78 is 10.5. The molecule has 2 rings (SSSR count). The molecule has 0 aliphatic carbocycles. The van der Waals surface area contributed by atoms with E-state index in [2.05, 4.69) is 10.3 Å². The molecule has 0 spiro atoms. The van der Waals surface area contributed by atoms with Gasteiger partial charge in [0.25, 0.3) is 5.91 Å². The van der Waals surface area contributed by atoms with Gasteiger partial charge in [0.2, 0.25) is 0 Å². The van der Waals surface area contributed by atoms with Gasteiger partial charge < -0.3 is 14.8 Å². The first kappa shape index (κ1) is 14.8. The summed E-state index contributed by atoms with van der Waals surface area (Å²) in [5.41, 5.74) is 2.15. The zero-order valence-electron chi connectivity index (χ0n) is 12.3. The van der Waals surface area contributed by atoms with Crippen molar-refractivity contribution in [1.82, 2.24) is 10.3 Å². The first-order chi connectivity index (χ1) is 10.2. The number of nitrogens with one attached hydrogen (secondary N) is 1. The molecule has 1 aromatic carbocycles. The Bertz CT molecular complexity index is 627. The zero-order valence-corrected chi connectivity index (χ0v) is 12.3. The lowest BCUT2D eigenvalue weighted by molar-refractivity contribution is 0.0947. The second-order valence-corrected chi connectivity index (χ2v) is 4.53. The van der Waals surface area contributed by atoms with E-state index in [4.69, 9.17) is 9.47 Å². The molecular formula is C16H18N2O3. The second kappa shape index (κ2) is 6.74. The first-order valence-corrected chi connectivity index (χ1v) is 6.56. The molecule has 0 bridgehead atoms. The number of methoxy groups -OCH3 is 2. The minimum Gasteiger partial charge on any atom is -0.496 e. The van der Waals surface area contributed by atoms with Crippen molar-refractivity contribution in [2.45, 2.75) is 13.5 Å². The number of rotatable bonds is 5. The molecule has 110 valence electrons. The number of carbonyl (C=O) groups excluding carboxylic acids is 1. The SMILES string of the molecule is COc1cc(C(=O)NCc2ccccn2)c(OC)cc1C. The van der Waals surface area contributed by atoms with Crippen LogP contribution in [-0.4, -0.2) is 25.1 Å². The number of benzene rings is 1. The Kier molecular flexibility index (Phi) is 4.77. The highest BCUT2D eigenvalue weighted by Gasteiger charge is 2.15. The van der Waals surface area contributed by atoms with E-state index in [1.807, 2.05) is 25.1 Å². The molecule has 0 aliphatic rings. The maximum atomic E-state index is 12.3. The number of hydrogen-bond acceptors (Lipinski definition) is 4. The van der Waals surface area contributed by atoms with E-state index >= 15 is 0 Å². The lowest BCUT2D eigenvalue weighted by Gasteiger charge is -2.13. The van der Waals surface area contributed by atoms with Gasteiger partial charge in [0, 0.05) is 6.20 Å². The van der Waals surface area contributed by atoms with Crippen LogP contribution < -0.4 is 14.8 Å². The number of carbonyl (C=O) groups is 1. The van der Waals surface area contributed by atoms with Crippen molar-refractivity contribution < 1.29 is 14.3 Å². The van der Waals surface area contributed by atoms with Gasteiger partial charge in [-0.15, -0.1) is 0 Å². The average molecular weight is 286 g/mol. The zero-order chi connectivity index (χ0) is 15.2. The molecule has 5 heteroatoms. The van der Waals surface area contributed by atoms with Crippen LogP contribution in [0, 0.1) is 6.92 Å². The third kappa shape index (κ3) is 3.51. The smallest absolute Gasteiger partial charge is 0.255 e. The summed E-state index contributed by atoms with van der Waals surface area (Å²) in [5.74, 6) is 0.946. The van der Waals surface area contributed by atoms with Crippen molar-refractivity contribution in [2.75, 3.05) is 14.2 Å². The van der Waals surface area contributed by atoms with Crippen LogP contribution in [0.25, 0.3) is 0 Å². The molecule has 1 heterocycles. The summed E-state index contributed by atoms with van der Waals surface area (Å²) in [6.07, 6.45) is 1.69. The van der Waals surface area contributed by atoms with E-state index in [-0.39, 0.29) is 5.91 Å². The Morgan fingerprint density at radius 1 is 1.19 bits per heavy atom. The molecule has 0 saturated carbocycles. The summed E-state index contributed by atoms with van der Waals surface area (Å²) in [7, 11) is 3.11. The topological polar surface area (TPSA) is 60.5 Å². The number of nitrogens with zero attached hydrogens (tertiary/aromatic N) is 1. The van der Waals surface area contributed by atoms with Crippen LogP contribution in [0.2, 0.25) is 0 Å². The molecule has 1 N–H and O–H groups in total. The standard InChI is InChI=1S/C16H18N2O3/c1-11-8-15(21-3)13(9-14(11)20-2)16(19)18-10-12-6-4-5-7-17-12/h4-9H,10H2,1-3H3,(H,18,19). The molecule has 2 aromatic rings. The molecule has 1 amide bonds. The third-order valence-corrected chi connectivity index (χ3v) is 3.12. The van der Waals surface area contributed by atoms with Crippen LogP contribution in [0.15, 0.2) is 36.5 Å². The fraction of sp³-hybridized carbons (Fsp3) is 0.250. The predicted octanol–water partition coefficient (Wildman–Crippen LogP) is 2.34. The number of aryl methyl sites for hydroxylation is 1. The molecule has 0 radical (unpaired) electrons. The summed E-state index contributed by atoms with van der Waals surface area (Å²) in [4.78, 5) is 16.5. The van der Waals surface area contributed by atoms with Crippen LogP contribution in [0.5, 0.6) is 11.5 Å². The van der Waals surface area contributed by atoms with E-state index in [9.17, 15) is 4.79 Å². The van der Waals surface area contributed by atoms with E-state index in [1.54, 1.807) is 25.4 Å². The van der Waals surface area contributed by atoms with Gasteiger partial charge in [-0.3, -0.25) is 9.78 Å². The highest BCUT2D eigenvalue weighted by atomic mass is 16.5. The number of ether oxygens (including phenoxy) is 2. The normalized spacial score (nSPS) is 10.0. The Morgan fingerprint density at radius 2 is 1.95 bits per heavy atom. The molecule has 5 nitrogen and oxygen atoms in total.